The average Bonchev–Trinajstić information content (AvgIpc) is 2.21. The summed E-state index contributed by atoms with van der Waals surface area (Å²) in [6.45, 7) is 5.40. The van der Waals surface area contributed by atoms with Crippen LogP contribution in [-0.4, -0.2) is 11.4 Å². The van der Waals surface area contributed by atoms with Gasteiger partial charge in [0.2, 0.25) is 0 Å². The Morgan fingerprint density at radius 2 is 2.12 bits per heavy atom. The van der Waals surface area contributed by atoms with Gasteiger partial charge in [-0.25, -0.2) is 0 Å². The van der Waals surface area contributed by atoms with Gasteiger partial charge in [0.1, 0.15) is 0 Å². The van der Waals surface area contributed by atoms with E-state index in [1.807, 2.05) is 13.0 Å². The lowest BCUT2D eigenvalue weighted by Crippen LogP contribution is -2.42. The monoisotopic (exact) mass is 216 g/mol. The van der Waals surface area contributed by atoms with E-state index in [-0.39, 0.29) is 5.91 Å². The summed E-state index contributed by atoms with van der Waals surface area (Å²) in [4.78, 5) is 11.9. The van der Waals surface area contributed by atoms with Gasteiger partial charge in [0.05, 0.1) is 5.54 Å². The van der Waals surface area contributed by atoms with E-state index in [2.05, 4.69) is 11.2 Å². The fourth-order valence-corrected chi connectivity index (χ4v) is 1.27. The summed E-state index contributed by atoms with van der Waals surface area (Å²) in [5.41, 5.74) is 6.98. The van der Waals surface area contributed by atoms with Crippen LogP contribution in [0, 0.1) is 19.3 Å². The van der Waals surface area contributed by atoms with Crippen LogP contribution in [0.1, 0.15) is 29.8 Å². The SMILES string of the molecule is C#CC(C)(C)NC(=O)c1cc(N)ccc1C. The third kappa shape index (κ3) is 2.77. The van der Waals surface area contributed by atoms with Crippen LogP contribution in [-0.2, 0) is 0 Å². The number of amides is 1. The summed E-state index contributed by atoms with van der Waals surface area (Å²) in [5.74, 6) is 2.31. The summed E-state index contributed by atoms with van der Waals surface area (Å²) in [5, 5.41) is 2.76. The number of nitrogens with one attached hydrogen (secondary N) is 1. The van der Waals surface area contributed by atoms with Crippen LogP contribution in [0.25, 0.3) is 0 Å². The van der Waals surface area contributed by atoms with E-state index >= 15 is 0 Å². The Kier molecular flexibility index (Phi) is 3.24. The summed E-state index contributed by atoms with van der Waals surface area (Å²) in [6, 6.07) is 5.23. The molecule has 0 saturated heterocycles. The number of carbonyl (C=O) groups is 1. The van der Waals surface area contributed by atoms with Gasteiger partial charge in [-0.1, -0.05) is 12.0 Å². The Morgan fingerprint density at radius 1 is 1.50 bits per heavy atom. The molecule has 1 rings (SSSR count). The van der Waals surface area contributed by atoms with Crippen LogP contribution in [0.3, 0.4) is 0 Å². The van der Waals surface area contributed by atoms with Gasteiger partial charge >= 0.3 is 0 Å². The Labute approximate surface area is 96.0 Å². The van der Waals surface area contributed by atoms with Crippen molar-refractivity contribution in [3.05, 3.63) is 29.3 Å². The van der Waals surface area contributed by atoms with E-state index in [4.69, 9.17) is 12.2 Å². The van der Waals surface area contributed by atoms with Gasteiger partial charge in [-0.3, -0.25) is 4.79 Å². The molecular weight excluding hydrogens is 200 g/mol. The van der Waals surface area contributed by atoms with E-state index in [9.17, 15) is 4.79 Å². The third-order valence-corrected chi connectivity index (χ3v) is 2.29. The van der Waals surface area contributed by atoms with Crippen LogP contribution < -0.4 is 11.1 Å². The predicted molar refractivity (Wildman–Crippen MR) is 66.0 cm³/mol. The molecule has 0 bridgehead atoms. The molecule has 0 unspecified atom stereocenters. The molecule has 0 aromatic heterocycles. The summed E-state index contributed by atoms with van der Waals surface area (Å²) >= 11 is 0. The quantitative estimate of drug-likeness (QED) is 0.584. The number of carbonyl (C=O) groups excluding carboxylic acids is 1. The lowest BCUT2D eigenvalue weighted by molar-refractivity contribution is 0.0929. The van der Waals surface area contributed by atoms with Crippen LogP contribution in [0.4, 0.5) is 5.69 Å². The molecular formula is C13H16N2O. The molecule has 1 amide bonds. The second kappa shape index (κ2) is 4.28. The van der Waals surface area contributed by atoms with Crippen LogP contribution in [0.5, 0.6) is 0 Å². The Morgan fingerprint density at radius 3 is 2.69 bits per heavy atom. The van der Waals surface area contributed by atoms with E-state index in [1.165, 1.54) is 0 Å². The largest absolute Gasteiger partial charge is 0.399 e. The maximum atomic E-state index is 11.9. The van der Waals surface area contributed by atoms with E-state index in [0.717, 1.165) is 5.56 Å². The first-order valence-electron chi connectivity index (χ1n) is 5.02. The number of aryl methyl sites for hydroxylation is 1. The van der Waals surface area contributed by atoms with E-state index in [1.54, 1.807) is 26.0 Å². The van der Waals surface area contributed by atoms with Crippen molar-refractivity contribution in [2.24, 2.45) is 0 Å². The first kappa shape index (κ1) is 12.1. The van der Waals surface area contributed by atoms with Crippen molar-refractivity contribution < 1.29 is 4.79 Å². The van der Waals surface area contributed by atoms with Crippen LogP contribution >= 0.6 is 0 Å². The second-order valence-corrected chi connectivity index (χ2v) is 4.30. The highest BCUT2D eigenvalue weighted by molar-refractivity contribution is 5.97. The maximum Gasteiger partial charge on any atom is 0.252 e. The topological polar surface area (TPSA) is 55.1 Å². The van der Waals surface area contributed by atoms with Crippen molar-refractivity contribution in [2.45, 2.75) is 26.3 Å². The molecule has 0 aliphatic rings. The highest BCUT2D eigenvalue weighted by atomic mass is 16.1. The minimum absolute atomic E-state index is 0.201. The third-order valence-electron chi connectivity index (χ3n) is 2.29. The maximum absolute atomic E-state index is 11.9. The number of rotatable bonds is 2. The summed E-state index contributed by atoms with van der Waals surface area (Å²) in [7, 11) is 0. The Hall–Kier alpha value is -1.95. The van der Waals surface area contributed by atoms with Gasteiger partial charge in [-0.05, 0) is 38.5 Å². The molecule has 0 heterocycles. The highest BCUT2D eigenvalue weighted by Gasteiger charge is 2.19. The van der Waals surface area contributed by atoms with Crippen molar-refractivity contribution in [2.75, 3.05) is 5.73 Å². The lowest BCUT2D eigenvalue weighted by atomic mass is 10.0. The van der Waals surface area contributed by atoms with Gasteiger partial charge < -0.3 is 11.1 Å². The minimum atomic E-state index is -0.659. The Balaban J connectivity index is 2.98. The van der Waals surface area contributed by atoms with Crippen LogP contribution in [0.15, 0.2) is 18.2 Å². The number of hydrogen-bond acceptors (Lipinski definition) is 2. The molecule has 0 saturated carbocycles. The molecule has 84 valence electrons. The summed E-state index contributed by atoms with van der Waals surface area (Å²) < 4.78 is 0. The standard InChI is InChI=1S/C13H16N2O/c1-5-13(3,4)15-12(16)11-8-10(14)7-6-9(11)2/h1,6-8H,14H2,2-4H3,(H,15,16). The molecule has 0 atom stereocenters. The van der Waals surface area contributed by atoms with Crippen LogP contribution in [0.2, 0.25) is 0 Å². The first-order chi connectivity index (χ1) is 7.35. The zero-order valence-electron chi connectivity index (χ0n) is 9.79. The van der Waals surface area contributed by atoms with Crippen molar-refractivity contribution in [3.8, 4) is 12.3 Å². The Bertz CT molecular complexity index is 455. The van der Waals surface area contributed by atoms with Gasteiger partial charge in [0.25, 0.3) is 5.91 Å². The molecule has 1 aromatic carbocycles. The van der Waals surface area contributed by atoms with Crippen molar-refractivity contribution in [1.29, 1.82) is 0 Å². The van der Waals surface area contributed by atoms with Crippen molar-refractivity contribution in [1.82, 2.24) is 5.32 Å². The highest BCUT2D eigenvalue weighted by Crippen LogP contribution is 2.13. The van der Waals surface area contributed by atoms with E-state index < -0.39 is 5.54 Å². The number of terminal acetylenes is 1. The van der Waals surface area contributed by atoms with Gasteiger partial charge in [0.15, 0.2) is 0 Å². The molecule has 0 fully saturated rings. The molecule has 3 nitrogen and oxygen atoms in total. The smallest absolute Gasteiger partial charge is 0.252 e. The number of hydrogen-bond donors (Lipinski definition) is 2. The number of benzene rings is 1. The predicted octanol–water partition coefficient (Wildman–Crippen LogP) is 1.72. The van der Waals surface area contributed by atoms with Gasteiger partial charge in [-0.15, -0.1) is 6.42 Å². The molecule has 16 heavy (non-hydrogen) atoms. The number of nitrogens with two attached hydrogens (primary N) is 1. The van der Waals surface area contributed by atoms with E-state index in [0.29, 0.717) is 11.3 Å². The molecule has 3 heteroatoms. The minimum Gasteiger partial charge on any atom is -0.399 e. The number of nitrogen functional groups attached to an aromatic ring is 1. The zero-order valence-corrected chi connectivity index (χ0v) is 9.79. The molecule has 1 aromatic rings. The molecule has 0 radical (unpaired) electrons. The van der Waals surface area contributed by atoms with Crippen molar-refractivity contribution in [3.63, 3.8) is 0 Å². The second-order valence-electron chi connectivity index (χ2n) is 4.30. The normalized spacial score (nSPS) is 10.6. The van der Waals surface area contributed by atoms with Crippen molar-refractivity contribution >= 4 is 11.6 Å². The molecule has 0 aliphatic heterocycles. The molecule has 3 N–H and O–H groups in total. The fraction of sp³-hybridized carbons (Fsp3) is 0.308. The summed E-state index contributed by atoms with van der Waals surface area (Å²) in [6.07, 6.45) is 5.31. The molecule has 0 spiro atoms. The molecule has 0 aliphatic carbocycles. The average molecular weight is 216 g/mol. The first-order valence-corrected chi connectivity index (χ1v) is 5.02. The zero-order chi connectivity index (χ0) is 12.3. The van der Waals surface area contributed by atoms with Gasteiger partial charge in [0, 0.05) is 11.3 Å². The fourth-order valence-electron chi connectivity index (χ4n) is 1.27. The number of anilines is 1. The van der Waals surface area contributed by atoms with Gasteiger partial charge in [-0.2, -0.15) is 0 Å². The lowest BCUT2D eigenvalue weighted by Gasteiger charge is -2.20.